The third-order valence-electron chi connectivity index (χ3n) is 2.55. The number of aliphatic hydroxyl groups excluding tert-OH is 1. The van der Waals surface area contributed by atoms with Crippen molar-refractivity contribution in [1.29, 1.82) is 0 Å². The Balaban J connectivity index is 2.13. The van der Waals surface area contributed by atoms with Crippen LogP contribution >= 0.6 is 0 Å². The molecule has 0 saturated carbocycles. The van der Waals surface area contributed by atoms with Gasteiger partial charge in [0.05, 0.1) is 0 Å². The van der Waals surface area contributed by atoms with Crippen molar-refractivity contribution < 1.29 is 5.11 Å². The number of nitrogens with zero attached hydrogens (tertiary/aromatic N) is 5. The molecule has 0 bridgehead atoms. The minimum atomic E-state index is 0.143. The number of hydrogen-bond acceptors (Lipinski definition) is 7. The fraction of sp³-hybridized carbons (Fsp3) is 0.455. The van der Waals surface area contributed by atoms with Crippen molar-refractivity contribution in [3.8, 4) is 5.95 Å². The highest BCUT2D eigenvalue weighted by Gasteiger charge is 2.08. The van der Waals surface area contributed by atoms with E-state index in [0.717, 1.165) is 12.8 Å². The smallest absolute Gasteiger partial charge is 0.241 e. The molecule has 0 aliphatic rings. The van der Waals surface area contributed by atoms with Crippen molar-refractivity contribution in [2.24, 2.45) is 0 Å². The fourth-order valence-corrected chi connectivity index (χ4v) is 1.63. The Kier molecular flexibility index (Phi) is 4.24. The van der Waals surface area contributed by atoms with Crippen LogP contribution in [0.15, 0.2) is 18.7 Å². The lowest BCUT2D eigenvalue weighted by molar-refractivity contribution is 0.282. The summed E-state index contributed by atoms with van der Waals surface area (Å²) in [5.74, 6) is 0.985. The minimum Gasteiger partial charge on any atom is -0.396 e. The number of rotatable bonds is 6. The largest absolute Gasteiger partial charge is 0.396 e. The number of aliphatic hydroxyl groups is 1. The van der Waals surface area contributed by atoms with Gasteiger partial charge in [-0.3, -0.25) is 4.57 Å². The molecule has 8 nitrogen and oxygen atoms in total. The molecule has 0 radical (unpaired) electrons. The van der Waals surface area contributed by atoms with E-state index in [1.165, 1.54) is 0 Å². The Morgan fingerprint density at radius 1 is 1.42 bits per heavy atom. The Morgan fingerprint density at radius 2 is 2.26 bits per heavy atom. The SMILES string of the molecule is CC(CCCO)Nc1nc(N)nc(-n2ccnc2)n1. The van der Waals surface area contributed by atoms with Crippen LogP contribution in [0, 0.1) is 0 Å². The van der Waals surface area contributed by atoms with E-state index in [2.05, 4.69) is 25.3 Å². The minimum absolute atomic E-state index is 0.143. The predicted molar refractivity (Wildman–Crippen MR) is 70.8 cm³/mol. The van der Waals surface area contributed by atoms with Crippen LogP contribution in [0.2, 0.25) is 0 Å². The number of nitrogen functional groups attached to an aromatic ring is 1. The van der Waals surface area contributed by atoms with E-state index in [0.29, 0.717) is 11.9 Å². The number of aromatic nitrogens is 5. The number of imidazole rings is 1. The van der Waals surface area contributed by atoms with Crippen molar-refractivity contribution in [2.45, 2.75) is 25.8 Å². The maximum atomic E-state index is 8.80. The van der Waals surface area contributed by atoms with Crippen LogP contribution in [0.4, 0.5) is 11.9 Å². The summed E-state index contributed by atoms with van der Waals surface area (Å²) in [5, 5.41) is 11.9. The van der Waals surface area contributed by atoms with Gasteiger partial charge in [0.2, 0.25) is 17.8 Å². The molecule has 0 saturated heterocycles. The topological polar surface area (TPSA) is 115 Å². The van der Waals surface area contributed by atoms with Gasteiger partial charge in [-0.15, -0.1) is 0 Å². The molecule has 4 N–H and O–H groups in total. The molecule has 0 spiro atoms. The molecule has 2 aromatic heterocycles. The van der Waals surface area contributed by atoms with Crippen molar-refractivity contribution in [1.82, 2.24) is 24.5 Å². The van der Waals surface area contributed by atoms with E-state index in [-0.39, 0.29) is 18.6 Å². The zero-order valence-corrected chi connectivity index (χ0v) is 10.7. The molecule has 1 unspecified atom stereocenters. The molecule has 0 aliphatic carbocycles. The van der Waals surface area contributed by atoms with E-state index < -0.39 is 0 Å². The molecule has 2 aromatic rings. The van der Waals surface area contributed by atoms with Gasteiger partial charge in [0.25, 0.3) is 0 Å². The van der Waals surface area contributed by atoms with E-state index >= 15 is 0 Å². The third kappa shape index (κ3) is 3.62. The maximum Gasteiger partial charge on any atom is 0.241 e. The van der Waals surface area contributed by atoms with Gasteiger partial charge < -0.3 is 16.2 Å². The van der Waals surface area contributed by atoms with Crippen LogP contribution in [0.1, 0.15) is 19.8 Å². The van der Waals surface area contributed by atoms with Crippen molar-refractivity contribution >= 4 is 11.9 Å². The van der Waals surface area contributed by atoms with Crippen LogP contribution < -0.4 is 11.1 Å². The van der Waals surface area contributed by atoms with Gasteiger partial charge in [-0.25, -0.2) is 4.98 Å². The predicted octanol–water partition coefficient (Wildman–Crippen LogP) is 0.212. The van der Waals surface area contributed by atoms with Gasteiger partial charge in [-0.05, 0) is 19.8 Å². The molecule has 0 aromatic carbocycles. The van der Waals surface area contributed by atoms with Crippen molar-refractivity contribution in [3.05, 3.63) is 18.7 Å². The Labute approximate surface area is 110 Å². The first-order chi connectivity index (χ1) is 9.19. The first kappa shape index (κ1) is 13.2. The van der Waals surface area contributed by atoms with Crippen LogP contribution in [-0.4, -0.2) is 42.3 Å². The molecule has 0 amide bonds. The summed E-state index contributed by atoms with van der Waals surface area (Å²) in [6, 6.07) is 0.143. The average Bonchev–Trinajstić information content (AvgIpc) is 2.89. The summed E-state index contributed by atoms with van der Waals surface area (Å²) >= 11 is 0. The maximum absolute atomic E-state index is 8.80. The lowest BCUT2D eigenvalue weighted by Crippen LogP contribution is -2.19. The van der Waals surface area contributed by atoms with Crippen LogP contribution in [0.25, 0.3) is 5.95 Å². The number of anilines is 2. The Bertz CT molecular complexity index is 514. The van der Waals surface area contributed by atoms with Crippen LogP contribution in [0.5, 0.6) is 0 Å². The zero-order chi connectivity index (χ0) is 13.7. The summed E-state index contributed by atoms with van der Waals surface area (Å²) in [6.07, 6.45) is 6.50. The Hall–Kier alpha value is -2.22. The average molecular weight is 263 g/mol. The molecule has 1 atom stereocenters. The molecule has 0 aliphatic heterocycles. The van der Waals surface area contributed by atoms with E-state index in [1.807, 2.05) is 6.92 Å². The number of hydrogen-bond donors (Lipinski definition) is 3. The first-order valence-electron chi connectivity index (χ1n) is 6.06. The monoisotopic (exact) mass is 263 g/mol. The van der Waals surface area contributed by atoms with Gasteiger partial charge in [-0.1, -0.05) is 0 Å². The van der Waals surface area contributed by atoms with Gasteiger partial charge in [0.1, 0.15) is 6.33 Å². The molecule has 8 heteroatoms. The van der Waals surface area contributed by atoms with Gasteiger partial charge >= 0.3 is 0 Å². The lowest BCUT2D eigenvalue weighted by atomic mass is 10.2. The van der Waals surface area contributed by atoms with Crippen LogP contribution in [0.3, 0.4) is 0 Å². The normalized spacial score (nSPS) is 12.3. The van der Waals surface area contributed by atoms with Crippen molar-refractivity contribution in [3.63, 3.8) is 0 Å². The van der Waals surface area contributed by atoms with Crippen LogP contribution in [-0.2, 0) is 0 Å². The molecule has 2 rings (SSSR count). The third-order valence-corrected chi connectivity index (χ3v) is 2.55. The first-order valence-corrected chi connectivity index (χ1v) is 6.06. The highest BCUT2D eigenvalue weighted by atomic mass is 16.2. The van der Waals surface area contributed by atoms with Gasteiger partial charge in [0.15, 0.2) is 0 Å². The summed E-state index contributed by atoms with van der Waals surface area (Å²) in [7, 11) is 0. The molecular weight excluding hydrogens is 246 g/mol. The van der Waals surface area contributed by atoms with E-state index in [1.54, 1.807) is 23.3 Å². The van der Waals surface area contributed by atoms with Gasteiger partial charge in [-0.2, -0.15) is 15.0 Å². The van der Waals surface area contributed by atoms with E-state index in [4.69, 9.17) is 10.8 Å². The molecule has 102 valence electrons. The molecular formula is C11H17N7O. The second-order valence-electron chi connectivity index (χ2n) is 4.20. The standard InChI is InChI=1S/C11H17N7O/c1-8(3-2-6-19)14-10-15-9(12)16-11(17-10)18-5-4-13-7-18/h4-5,7-8,19H,2-3,6H2,1H3,(H3,12,14,15,16,17). The van der Waals surface area contributed by atoms with Crippen molar-refractivity contribution in [2.75, 3.05) is 17.7 Å². The molecule has 19 heavy (non-hydrogen) atoms. The second-order valence-corrected chi connectivity index (χ2v) is 4.20. The molecule has 2 heterocycles. The summed E-state index contributed by atoms with van der Waals surface area (Å²) in [6.45, 7) is 2.16. The summed E-state index contributed by atoms with van der Waals surface area (Å²) in [5.41, 5.74) is 5.67. The lowest BCUT2D eigenvalue weighted by Gasteiger charge is -2.13. The number of nitrogens with one attached hydrogen (secondary N) is 1. The second kappa shape index (κ2) is 6.10. The number of nitrogens with two attached hydrogens (primary N) is 1. The van der Waals surface area contributed by atoms with Gasteiger partial charge in [0, 0.05) is 25.0 Å². The summed E-state index contributed by atoms with van der Waals surface area (Å²) in [4.78, 5) is 16.3. The highest BCUT2D eigenvalue weighted by Crippen LogP contribution is 2.09. The quantitative estimate of drug-likeness (QED) is 0.682. The van der Waals surface area contributed by atoms with E-state index in [9.17, 15) is 0 Å². The summed E-state index contributed by atoms with van der Waals surface area (Å²) < 4.78 is 1.65. The highest BCUT2D eigenvalue weighted by molar-refractivity contribution is 5.35. The Morgan fingerprint density at radius 3 is 2.95 bits per heavy atom. The fourth-order valence-electron chi connectivity index (χ4n) is 1.63. The zero-order valence-electron chi connectivity index (χ0n) is 10.7. The molecule has 0 fully saturated rings.